The third-order valence-electron chi connectivity index (χ3n) is 1.87. The summed E-state index contributed by atoms with van der Waals surface area (Å²) in [4.78, 5) is 0. The summed E-state index contributed by atoms with van der Waals surface area (Å²) in [6.45, 7) is 0. The minimum atomic E-state index is 0.0637. The molecule has 1 atom stereocenters. The molecular weight excluding hydrogens is 152 g/mol. The van der Waals surface area contributed by atoms with E-state index >= 15 is 0 Å². The number of rotatable bonds is 0. The average molecular weight is 160 g/mol. The molecule has 2 N–H and O–H groups in total. The van der Waals surface area contributed by atoms with Crippen molar-refractivity contribution in [2.24, 2.45) is 16.1 Å². The third-order valence-corrected chi connectivity index (χ3v) is 1.87. The number of nitrogens with zero attached hydrogens (tertiary/aromatic N) is 2. The lowest BCUT2D eigenvalue weighted by atomic mass is 9.94. The van der Waals surface area contributed by atoms with Gasteiger partial charge in [0.1, 0.15) is 0 Å². The Morgan fingerprint density at radius 1 is 1.50 bits per heavy atom. The molecule has 4 heteroatoms. The molecule has 2 rings (SSSR count). The van der Waals surface area contributed by atoms with E-state index in [1.165, 1.54) is 0 Å². The van der Waals surface area contributed by atoms with E-state index in [4.69, 9.17) is 5.53 Å². The van der Waals surface area contributed by atoms with Crippen LogP contribution in [0.15, 0.2) is 46.3 Å². The maximum absolute atomic E-state index is 6.89. The number of hydrazone groups is 1. The van der Waals surface area contributed by atoms with Gasteiger partial charge in [-0.1, -0.05) is 24.3 Å². The predicted molar refractivity (Wildman–Crippen MR) is 45.6 cm³/mol. The SMILES string of the molecule is N=NC1=NNC=C2C=CC=C[C@@H]21. The number of allylic oxidation sites excluding steroid dienone is 3. The number of fused-ring (bicyclic) bond motifs is 1. The molecule has 0 saturated heterocycles. The number of hydrogen-bond donors (Lipinski definition) is 2. The van der Waals surface area contributed by atoms with Gasteiger partial charge in [-0.15, -0.1) is 5.11 Å². The molecule has 0 fully saturated rings. The van der Waals surface area contributed by atoms with Crippen molar-refractivity contribution in [1.29, 1.82) is 5.53 Å². The maximum Gasteiger partial charge on any atom is 0.181 e. The molecule has 0 radical (unpaired) electrons. The summed E-state index contributed by atoms with van der Waals surface area (Å²) in [5, 5.41) is 7.23. The highest BCUT2D eigenvalue weighted by Gasteiger charge is 2.20. The standard InChI is InChI=1S/C8H8N4/c9-11-8-7-4-2-1-3-6(7)5-10-12-8/h1-5,7,9-10H/t7-/m0/s1. The van der Waals surface area contributed by atoms with Gasteiger partial charge in [0, 0.05) is 6.20 Å². The Kier molecular flexibility index (Phi) is 1.59. The van der Waals surface area contributed by atoms with Crippen LogP contribution < -0.4 is 5.43 Å². The van der Waals surface area contributed by atoms with E-state index in [1.54, 1.807) is 0 Å². The lowest BCUT2D eigenvalue weighted by Gasteiger charge is -2.18. The van der Waals surface area contributed by atoms with Gasteiger partial charge in [-0.25, -0.2) is 5.53 Å². The predicted octanol–water partition coefficient (Wildman–Crippen LogP) is 1.56. The summed E-state index contributed by atoms with van der Waals surface area (Å²) in [5.74, 6) is 0.571. The Labute approximate surface area is 69.9 Å². The van der Waals surface area contributed by atoms with E-state index in [0.29, 0.717) is 5.84 Å². The summed E-state index contributed by atoms with van der Waals surface area (Å²) in [6, 6.07) is 0. The molecule has 1 aliphatic carbocycles. The molecule has 0 amide bonds. The molecule has 0 aromatic rings. The highest BCUT2D eigenvalue weighted by Crippen LogP contribution is 2.22. The Morgan fingerprint density at radius 2 is 2.42 bits per heavy atom. The summed E-state index contributed by atoms with van der Waals surface area (Å²) in [7, 11) is 0. The van der Waals surface area contributed by atoms with Crippen molar-refractivity contribution < 1.29 is 0 Å². The minimum Gasteiger partial charge on any atom is -0.284 e. The van der Waals surface area contributed by atoms with Gasteiger partial charge in [-0.2, -0.15) is 5.10 Å². The van der Waals surface area contributed by atoms with Crippen LogP contribution in [0, 0.1) is 11.4 Å². The first-order valence-corrected chi connectivity index (χ1v) is 3.67. The van der Waals surface area contributed by atoms with Crippen LogP contribution in [0.2, 0.25) is 0 Å². The van der Waals surface area contributed by atoms with E-state index < -0.39 is 0 Å². The molecule has 4 nitrogen and oxygen atoms in total. The topological polar surface area (TPSA) is 60.6 Å². The van der Waals surface area contributed by atoms with Gasteiger partial charge >= 0.3 is 0 Å². The molecule has 0 spiro atoms. The van der Waals surface area contributed by atoms with Gasteiger partial charge in [0.2, 0.25) is 0 Å². The van der Waals surface area contributed by atoms with Crippen LogP contribution in [0.5, 0.6) is 0 Å². The van der Waals surface area contributed by atoms with Gasteiger partial charge in [-0.3, -0.25) is 5.43 Å². The normalized spacial score (nSPS) is 25.2. The fraction of sp³-hybridized carbons (Fsp3) is 0.125. The van der Waals surface area contributed by atoms with Crippen molar-refractivity contribution in [3.63, 3.8) is 0 Å². The van der Waals surface area contributed by atoms with Gasteiger partial charge in [0.25, 0.3) is 0 Å². The van der Waals surface area contributed by atoms with Crippen LogP contribution in [0.3, 0.4) is 0 Å². The van der Waals surface area contributed by atoms with E-state index in [1.807, 2.05) is 30.5 Å². The van der Waals surface area contributed by atoms with Crippen molar-refractivity contribution in [1.82, 2.24) is 5.43 Å². The molecule has 0 saturated carbocycles. The van der Waals surface area contributed by atoms with Crippen LogP contribution in [0.1, 0.15) is 0 Å². The maximum atomic E-state index is 6.89. The monoisotopic (exact) mass is 160 g/mol. The second-order valence-electron chi connectivity index (χ2n) is 2.58. The average Bonchev–Trinajstić information content (AvgIpc) is 2.17. The molecule has 0 unspecified atom stereocenters. The molecule has 12 heavy (non-hydrogen) atoms. The van der Waals surface area contributed by atoms with E-state index in [-0.39, 0.29) is 5.92 Å². The second-order valence-corrected chi connectivity index (χ2v) is 2.58. The fourth-order valence-corrected chi connectivity index (χ4v) is 1.27. The molecule has 0 aromatic carbocycles. The van der Waals surface area contributed by atoms with Gasteiger partial charge in [-0.05, 0) is 5.57 Å². The summed E-state index contributed by atoms with van der Waals surface area (Å²) in [6.07, 6.45) is 9.67. The third kappa shape index (κ3) is 0.972. The Balaban J connectivity index is 2.35. The summed E-state index contributed by atoms with van der Waals surface area (Å²) in [5.41, 5.74) is 10.7. The van der Waals surface area contributed by atoms with Crippen molar-refractivity contribution in [3.8, 4) is 0 Å². The smallest absolute Gasteiger partial charge is 0.181 e. The summed E-state index contributed by atoms with van der Waals surface area (Å²) >= 11 is 0. The lowest BCUT2D eigenvalue weighted by Crippen LogP contribution is -2.21. The largest absolute Gasteiger partial charge is 0.284 e. The molecule has 1 heterocycles. The molecule has 0 aromatic heterocycles. The van der Waals surface area contributed by atoms with Crippen molar-refractivity contribution in [2.45, 2.75) is 0 Å². The lowest BCUT2D eigenvalue weighted by molar-refractivity contribution is 0.840. The highest BCUT2D eigenvalue weighted by atomic mass is 15.3. The zero-order chi connectivity index (χ0) is 8.39. The van der Waals surface area contributed by atoms with Crippen molar-refractivity contribution >= 4 is 5.84 Å². The van der Waals surface area contributed by atoms with E-state index in [9.17, 15) is 0 Å². The zero-order valence-electron chi connectivity index (χ0n) is 6.36. The fourth-order valence-electron chi connectivity index (χ4n) is 1.27. The summed E-state index contributed by atoms with van der Waals surface area (Å²) < 4.78 is 0. The van der Waals surface area contributed by atoms with E-state index in [0.717, 1.165) is 5.57 Å². The van der Waals surface area contributed by atoms with Crippen molar-refractivity contribution in [2.75, 3.05) is 0 Å². The number of nitrogens with one attached hydrogen (secondary N) is 2. The molecule has 1 aliphatic heterocycles. The minimum absolute atomic E-state index is 0.0637. The highest BCUT2D eigenvalue weighted by molar-refractivity contribution is 5.90. The van der Waals surface area contributed by atoms with Crippen LogP contribution >= 0.6 is 0 Å². The van der Waals surface area contributed by atoms with Crippen LogP contribution in [0.25, 0.3) is 0 Å². The number of amidine groups is 1. The van der Waals surface area contributed by atoms with Crippen molar-refractivity contribution in [3.05, 3.63) is 36.1 Å². The number of hydrogen-bond acceptors (Lipinski definition) is 4. The molecule has 2 aliphatic rings. The van der Waals surface area contributed by atoms with Gasteiger partial charge in [0.05, 0.1) is 5.92 Å². The Hall–Kier alpha value is -1.71. The van der Waals surface area contributed by atoms with E-state index in [2.05, 4.69) is 15.6 Å². The van der Waals surface area contributed by atoms with Crippen LogP contribution in [-0.2, 0) is 0 Å². The second kappa shape index (κ2) is 2.73. The Morgan fingerprint density at radius 3 is 3.25 bits per heavy atom. The first-order valence-electron chi connectivity index (χ1n) is 3.67. The van der Waals surface area contributed by atoms with Gasteiger partial charge < -0.3 is 0 Å². The zero-order valence-corrected chi connectivity index (χ0v) is 6.36. The van der Waals surface area contributed by atoms with Crippen LogP contribution in [0.4, 0.5) is 0 Å². The first kappa shape index (κ1) is 6.97. The Bertz CT molecular complexity index is 310. The van der Waals surface area contributed by atoms with Gasteiger partial charge in [0.15, 0.2) is 5.84 Å². The quantitative estimate of drug-likeness (QED) is 0.519. The molecule has 0 bridgehead atoms. The molecule has 60 valence electrons. The molecular formula is C8H8N4. The first-order chi connectivity index (χ1) is 5.92. The van der Waals surface area contributed by atoms with Crippen LogP contribution in [-0.4, -0.2) is 5.84 Å².